The normalized spacial score (nSPS) is 13.5. The fraction of sp³-hybridized carbons (Fsp3) is 0.176. The summed E-state index contributed by atoms with van der Waals surface area (Å²) < 4.78 is 11.0. The number of rotatable bonds is 3. The molecule has 0 fully saturated rings. The van der Waals surface area contributed by atoms with E-state index < -0.39 is 0 Å². The lowest BCUT2D eigenvalue weighted by molar-refractivity contribution is 0.0955. The minimum Gasteiger partial charge on any atom is -0.508 e. The van der Waals surface area contributed by atoms with Crippen LogP contribution in [0, 0.1) is 0 Å². The van der Waals surface area contributed by atoms with Crippen LogP contribution in [0.2, 0.25) is 0 Å². The first kappa shape index (κ1) is 14.9. The largest absolute Gasteiger partial charge is 0.508 e. The number of benzene rings is 2. The Hall–Kier alpha value is -3.02. The zero-order chi connectivity index (χ0) is 16.2. The number of amides is 1. The van der Waals surface area contributed by atoms with Gasteiger partial charge in [-0.25, -0.2) is 5.43 Å². The van der Waals surface area contributed by atoms with Gasteiger partial charge in [-0.05, 0) is 49.4 Å². The molecule has 0 unspecified atom stereocenters. The number of hydrazone groups is 1. The van der Waals surface area contributed by atoms with Gasteiger partial charge < -0.3 is 14.6 Å². The molecule has 23 heavy (non-hydrogen) atoms. The van der Waals surface area contributed by atoms with Crippen molar-refractivity contribution in [2.45, 2.75) is 6.92 Å². The smallest absolute Gasteiger partial charge is 0.271 e. The van der Waals surface area contributed by atoms with E-state index in [4.69, 9.17) is 9.47 Å². The number of carbonyl (C=O) groups excluding carboxylic acids is 1. The average molecular weight is 312 g/mol. The van der Waals surface area contributed by atoms with Gasteiger partial charge in [0.1, 0.15) is 19.0 Å². The first-order valence-electron chi connectivity index (χ1n) is 7.17. The van der Waals surface area contributed by atoms with Gasteiger partial charge in [0.2, 0.25) is 0 Å². The van der Waals surface area contributed by atoms with Crippen molar-refractivity contribution in [1.29, 1.82) is 0 Å². The summed E-state index contributed by atoms with van der Waals surface area (Å²) in [5.74, 6) is 1.15. The molecule has 0 radical (unpaired) electrons. The standard InChI is InChI=1S/C17H16N2O4/c1-11(13-4-7-15-16(10-13)23-9-8-22-15)18-19-17(21)12-2-5-14(20)6-3-12/h2-7,10,20H,8-9H2,1H3,(H,19,21)/b18-11+. The van der Waals surface area contributed by atoms with Crippen LogP contribution in [-0.2, 0) is 0 Å². The number of phenolic OH excluding ortho intramolecular Hbond substituents is 1. The van der Waals surface area contributed by atoms with Crippen molar-refractivity contribution < 1.29 is 19.4 Å². The Morgan fingerprint density at radius 1 is 1.04 bits per heavy atom. The van der Waals surface area contributed by atoms with Crippen LogP contribution in [0.5, 0.6) is 17.2 Å². The topological polar surface area (TPSA) is 80.2 Å². The monoisotopic (exact) mass is 312 g/mol. The average Bonchev–Trinajstić information content (AvgIpc) is 2.59. The molecule has 0 saturated heterocycles. The molecule has 0 aromatic heterocycles. The van der Waals surface area contributed by atoms with E-state index in [1.54, 1.807) is 6.92 Å². The second-order valence-corrected chi connectivity index (χ2v) is 5.04. The van der Waals surface area contributed by atoms with Crippen molar-refractivity contribution in [2.24, 2.45) is 5.10 Å². The molecule has 2 aromatic carbocycles. The van der Waals surface area contributed by atoms with Crippen LogP contribution >= 0.6 is 0 Å². The predicted molar refractivity (Wildman–Crippen MR) is 85.2 cm³/mol. The molecular weight excluding hydrogens is 296 g/mol. The highest BCUT2D eigenvalue weighted by atomic mass is 16.6. The van der Waals surface area contributed by atoms with Gasteiger partial charge in [0.05, 0.1) is 5.71 Å². The van der Waals surface area contributed by atoms with Crippen molar-refractivity contribution in [3.63, 3.8) is 0 Å². The van der Waals surface area contributed by atoms with Gasteiger partial charge >= 0.3 is 0 Å². The van der Waals surface area contributed by atoms with Gasteiger partial charge in [-0.15, -0.1) is 0 Å². The fourth-order valence-corrected chi connectivity index (χ4v) is 2.14. The summed E-state index contributed by atoms with van der Waals surface area (Å²) in [4.78, 5) is 12.0. The molecule has 3 rings (SSSR count). The van der Waals surface area contributed by atoms with Crippen LogP contribution in [0.4, 0.5) is 0 Å². The summed E-state index contributed by atoms with van der Waals surface area (Å²) in [6.07, 6.45) is 0. The molecule has 118 valence electrons. The van der Waals surface area contributed by atoms with Gasteiger partial charge in [-0.3, -0.25) is 4.79 Å². The lowest BCUT2D eigenvalue weighted by Crippen LogP contribution is -2.19. The third-order valence-electron chi connectivity index (χ3n) is 3.41. The van der Waals surface area contributed by atoms with E-state index in [0.717, 1.165) is 5.56 Å². The first-order valence-corrected chi connectivity index (χ1v) is 7.17. The summed E-state index contributed by atoms with van der Waals surface area (Å²) in [7, 11) is 0. The molecule has 0 saturated carbocycles. The fourth-order valence-electron chi connectivity index (χ4n) is 2.14. The molecule has 0 atom stereocenters. The molecule has 0 aliphatic carbocycles. The van der Waals surface area contributed by atoms with Crippen molar-refractivity contribution in [1.82, 2.24) is 5.43 Å². The summed E-state index contributed by atoms with van der Waals surface area (Å²) >= 11 is 0. The highest BCUT2D eigenvalue weighted by Crippen LogP contribution is 2.30. The van der Waals surface area contributed by atoms with Crippen molar-refractivity contribution in [2.75, 3.05) is 13.2 Å². The third-order valence-corrected chi connectivity index (χ3v) is 3.41. The van der Waals surface area contributed by atoms with Gasteiger partial charge in [0.25, 0.3) is 5.91 Å². The Morgan fingerprint density at radius 3 is 2.43 bits per heavy atom. The summed E-state index contributed by atoms with van der Waals surface area (Å²) in [5.41, 5.74) is 4.39. The van der Waals surface area contributed by atoms with Crippen molar-refractivity contribution in [3.8, 4) is 17.2 Å². The maximum atomic E-state index is 12.0. The van der Waals surface area contributed by atoms with E-state index in [2.05, 4.69) is 10.5 Å². The van der Waals surface area contributed by atoms with Crippen LogP contribution in [0.25, 0.3) is 0 Å². The maximum Gasteiger partial charge on any atom is 0.271 e. The Bertz CT molecular complexity index is 754. The molecule has 2 aromatic rings. The van der Waals surface area contributed by atoms with E-state index in [9.17, 15) is 9.90 Å². The van der Waals surface area contributed by atoms with E-state index >= 15 is 0 Å². The van der Waals surface area contributed by atoms with Gasteiger partial charge in [-0.1, -0.05) is 0 Å². The van der Waals surface area contributed by atoms with E-state index in [1.165, 1.54) is 24.3 Å². The number of phenols is 1. The highest BCUT2D eigenvalue weighted by molar-refractivity contribution is 6.01. The molecule has 0 spiro atoms. The number of hydrogen-bond acceptors (Lipinski definition) is 5. The zero-order valence-electron chi connectivity index (χ0n) is 12.6. The molecule has 2 N–H and O–H groups in total. The Labute approximate surface area is 133 Å². The number of nitrogens with one attached hydrogen (secondary N) is 1. The first-order chi connectivity index (χ1) is 11.1. The van der Waals surface area contributed by atoms with Crippen LogP contribution in [0.1, 0.15) is 22.8 Å². The SMILES string of the molecule is C/C(=N\NC(=O)c1ccc(O)cc1)c1ccc2c(c1)OCCO2. The van der Waals surface area contributed by atoms with E-state index in [1.807, 2.05) is 18.2 Å². The van der Waals surface area contributed by atoms with E-state index in [-0.39, 0.29) is 11.7 Å². The Balaban J connectivity index is 1.72. The quantitative estimate of drug-likeness (QED) is 0.673. The third kappa shape index (κ3) is 3.42. The second kappa shape index (κ2) is 6.39. The molecule has 6 nitrogen and oxygen atoms in total. The molecule has 0 bridgehead atoms. The summed E-state index contributed by atoms with van der Waals surface area (Å²) in [6, 6.07) is 11.5. The Morgan fingerprint density at radius 2 is 1.70 bits per heavy atom. The van der Waals surface area contributed by atoms with Crippen molar-refractivity contribution >= 4 is 11.6 Å². The minimum atomic E-state index is -0.345. The zero-order valence-corrected chi connectivity index (χ0v) is 12.6. The molecule has 1 aliphatic heterocycles. The minimum absolute atomic E-state index is 0.109. The number of carbonyl (C=O) groups is 1. The van der Waals surface area contributed by atoms with Gasteiger partial charge in [0, 0.05) is 11.1 Å². The number of ether oxygens (including phenoxy) is 2. The number of aromatic hydroxyl groups is 1. The molecule has 6 heteroatoms. The number of fused-ring (bicyclic) bond motifs is 1. The van der Waals surface area contributed by atoms with E-state index in [0.29, 0.717) is 36.0 Å². The molecule has 1 heterocycles. The Kier molecular flexibility index (Phi) is 4.14. The summed E-state index contributed by atoms with van der Waals surface area (Å²) in [6.45, 7) is 2.86. The van der Waals surface area contributed by atoms with Gasteiger partial charge in [0.15, 0.2) is 11.5 Å². The van der Waals surface area contributed by atoms with Crippen LogP contribution in [0.3, 0.4) is 0 Å². The molecule has 1 aliphatic rings. The lowest BCUT2D eigenvalue weighted by Gasteiger charge is -2.18. The second-order valence-electron chi connectivity index (χ2n) is 5.04. The highest BCUT2D eigenvalue weighted by Gasteiger charge is 2.13. The maximum absolute atomic E-state index is 12.0. The van der Waals surface area contributed by atoms with Crippen LogP contribution in [0.15, 0.2) is 47.6 Å². The number of nitrogens with zero attached hydrogens (tertiary/aromatic N) is 1. The summed E-state index contributed by atoms with van der Waals surface area (Å²) in [5, 5.41) is 13.3. The lowest BCUT2D eigenvalue weighted by atomic mass is 10.1. The molecular formula is C17H16N2O4. The van der Waals surface area contributed by atoms with Crippen LogP contribution < -0.4 is 14.9 Å². The van der Waals surface area contributed by atoms with Gasteiger partial charge in [-0.2, -0.15) is 5.10 Å². The predicted octanol–water partition coefficient (Wildman–Crippen LogP) is 2.32. The van der Waals surface area contributed by atoms with Crippen LogP contribution in [-0.4, -0.2) is 29.9 Å². The number of hydrogen-bond donors (Lipinski definition) is 2. The molecule has 1 amide bonds. The van der Waals surface area contributed by atoms with Crippen molar-refractivity contribution in [3.05, 3.63) is 53.6 Å².